The molecule has 1 saturated carbocycles. The first-order chi connectivity index (χ1) is 11.2. The predicted molar refractivity (Wildman–Crippen MR) is 97.8 cm³/mol. The van der Waals surface area contributed by atoms with E-state index in [4.69, 9.17) is 0 Å². The van der Waals surface area contributed by atoms with E-state index in [0.717, 1.165) is 31.5 Å². The molecule has 1 aromatic carbocycles. The van der Waals surface area contributed by atoms with Gasteiger partial charge in [0.25, 0.3) is 0 Å². The molecule has 0 radical (unpaired) electrons. The third-order valence-corrected chi connectivity index (χ3v) is 5.46. The standard InChI is InChI=1S/C20H33N3/c1-22(2)12-9-21-15-18-13-20(14-18)19-7-5-17(6-8-19)16-23-10-3-4-11-23/h5-8,18,20-21H,3-4,9-16H2,1-2H3. The van der Waals surface area contributed by atoms with Crippen LogP contribution in [-0.4, -0.2) is 56.6 Å². The Bertz CT molecular complexity index is 456. The molecule has 0 bridgehead atoms. The first-order valence-electron chi connectivity index (χ1n) is 9.37. The smallest absolute Gasteiger partial charge is 0.0233 e. The van der Waals surface area contributed by atoms with E-state index in [0.29, 0.717) is 0 Å². The van der Waals surface area contributed by atoms with Crippen LogP contribution in [0.25, 0.3) is 0 Å². The van der Waals surface area contributed by atoms with Crippen molar-refractivity contribution in [2.24, 2.45) is 5.92 Å². The fourth-order valence-electron chi connectivity index (χ4n) is 3.88. The fraction of sp³-hybridized carbons (Fsp3) is 0.700. The molecule has 1 aromatic rings. The number of hydrogen-bond donors (Lipinski definition) is 1. The second kappa shape index (κ2) is 8.27. The lowest BCUT2D eigenvalue weighted by atomic mass is 9.71. The topological polar surface area (TPSA) is 18.5 Å². The van der Waals surface area contributed by atoms with Crippen LogP contribution in [0, 0.1) is 5.92 Å². The second-order valence-electron chi connectivity index (χ2n) is 7.77. The van der Waals surface area contributed by atoms with Crippen LogP contribution in [0.4, 0.5) is 0 Å². The molecule has 3 nitrogen and oxygen atoms in total. The number of nitrogens with zero attached hydrogens (tertiary/aromatic N) is 2. The third-order valence-electron chi connectivity index (χ3n) is 5.46. The average Bonchev–Trinajstić information content (AvgIpc) is 2.99. The SMILES string of the molecule is CN(C)CCNCC1CC(c2ccc(CN3CCCC3)cc2)C1. The Kier molecular flexibility index (Phi) is 6.09. The highest BCUT2D eigenvalue weighted by Crippen LogP contribution is 2.41. The van der Waals surface area contributed by atoms with Gasteiger partial charge < -0.3 is 10.2 Å². The summed E-state index contributed by atoms with van der Waals surface area (Å²) >= 11 is 0. The van der Waals surface area contributed by atoms with E-state index in [9.17, 15) is 0 Å². The number of hydrogen-bond acceptors (Lipinski definition) is 3. The molecule has 1 heterocycles. The van der Waals surface area contributed by atoms with E-state index < -0.39 is 0 Å². The summed E-state index contributed by atoms with van der Waals surface area (Å²) in [6.07, 6.45) is 5.48. The molecule has 3 heteroatoms. The van der Waals surface area contributed by atoms with Crippen LogP contribution in [0.5, 0.6) is 0 Å². The Morgan fingerprint density at radius 2 is 1.78 bits per heavy atom. The minimum absolute atomic E-state index is 0.802. The molecule has 1 aliphatic heterocycles. The van der Waals surface area contributed by atoms with Gasteiger partial charge in [-0.1, -0.05) is 24.3 Å². The zero-order valence-electron chi connectivity index (χ0n) is 14.9. The van der Waals surface area contributed by atoms with Gasteiger partial charge in [0.1, 0.15) is 0 Å². The first kappa shape index (κ1) is 16.9. The van der Waals surface area contributed by atoms with Gasteiger partial charge in [0.2, 0.25) is 0 Å². The van der Waals surface area contributed by atoms with Gasteiger partial charge in [-0.05, 0) is 82.4 Å². The molecule has 23 heavy (non-hydrogen) atoms. The molecule has 1 aliphatic carbocycles. The zero-order valence-corrected chi connectivity index (χ0v) is 14.9. The van der Waals surface area contributed by atoms with Gasteiger partial charge in [-0.25, -0.2) is 0 Å². The fourth-order valence-corrected chi connectivity index (χ4v) is 3.88. The van der Waals surface area contributed by atoms with Crippen molar-refractivity contribution in [2.45, 2.75) is 38.1 Å². The maximum absolute atomic E-state index is 3.59. The summed E-state index contributed by atoms with van der Waals surface area (Å²) in [5.74, 6) is 1.68. The van der Waals surface area contributed by atoms with Gasteiger partial charge in [0.15, 0.2) is 0 Å². The van der Waals surface area contributed by atoms with E-state index in [-0.39, 0.29) is 0 Å². The van der Waals surface area contributed by atoms with Crippen LogP contribution in [-0.2, 0) is 6.54 Å². The number of rotatable bonds is 8. The number of likely N-dealkylation sites (N-methyl/N-ethyl adjacent to an activating group) is 1. The Balaban J connectivity index is 1.36. The third kappa shape index (κ3) is 5.03. The van der Waals surface area contributed by atoms with Crippen LogP contribution in [0.1, 0.15) is 42.7 Å². The van der Waals surface area contributed by atoms with Gasteiger partial charge in [0.05, 0.1) is 0 Å². The van der Waals surface area contributed by atoms with E-state index >= 15 is 0 Å². The highest BCUT2D eigenvalue weighted by molar-refractivity contribution is 5.27. The number of nitrogens with one attached hydrogen (secondary N) is 1. The maximum Gasteiger partial charge on any atom is 0.0233 e. The summed E-state index contributed by atoms with van der Waals surface area (Å²) in [7, 11) is 4.27. The van der Waals surface area contributed by atoms with Crippen LogP contribution >= 0.6 is 0 Å². The summed E-state index contributed by atoms with van der Waals surface area (Å²) in [6.45, 7) is 7.15. The van der Waals surface area contributed by atoms with E-state index in [2.05, 4.69) is 53.5 Å². The van der Waals surface area contributed by atoms with Crippen molar-refractivity contribution in [3.05, 3.63) is 35.4 Å². The summed E-state index contributed by atoms with van der Waals surface area (Å²) in [6, 6.07) is 9.48. The van der Waals surface area contributed by atoms with Gasteiger partial charge >= 0.3 is 0 Å². The summed E-state index contributed by atoms with van der Waals surface area (Å²) < 4.78 is 0. The van der Waals surface area contributed by atoms with Gasteiger partial charge in [0, 0.05) is 19.6 Å². The van der Waals surface area contributed by atoms with Crippen molar-refractivity contribution in [1.82, 2.24) is 15.1 Å². The first-order valence-corrected chi connectivity index (χ1v) is 9.37. The van der Waals surface area contributed by atoms with Crippen molar-refractivity contribution in [1.29, 1.82) is 0 Å². The quantitative estimate of drug-likeness (QED) is 0.744. The van der Waals surface area contributed by atoms with Crippen LogP contribution in [0.15, 0.2) is 24.3 Å². The highest BCUT2D eigenvalue weighted by atomic mass is 15.1. The summed E-state index contributed by atoms with van der Waals surface area (Å²) in [5, 5.41) is 3.59. The summed E-state index contributed by atoms with van der Waals surface area (Å²) in [4.78, 5) is 4.81. The minimum Gasteiger partial charge on any atom is -0.315 e. The Morgan fingerprint density at radius 3 is 2.43 bits per heavy atom. The maximum atomic E-state index is 3.59. The predicted octanol–water partition coefficient (Wildman–Crippen LogP) is 2.93. The molecule has 2 fully saturated rings. The monoisotopic (exact) mass is 315 g/mol. The summed E-state index contributed by atoms with van der Waals surface area (Å²) in [5.41, 5.74) is 3.04. The van der Waals surface area contributed by atoms with E-state index in [1.165, 1.54) is 50.9 Å². The zero-order chi connectivity index (χ0) is 16.1. The molecule has 0 aromatic heterocycles. The molecule has 1 saturated heterocycles. The number of likely N-dealkylation sites (tertiary alicyclic amines) is 1. The highest BCUT2D eigenvalue weighted by Gasteiger charge is 2.29. The largest absolute Gasteiger partial charge is 0.315 e. The molecule has 0 amide bonds. The number of benzene rings is 1. The van der Waals surface area contributed by atoms with Crippen molar-refractivity contribution >= 4 is 0 Å². The normalized spacial score (nSPS) is 25.0. The molecule has 0 spiro atoms. The molecular weight excluding hydrogens is 282 g/mol. The lowest BCUT2D eigenvalue weighted by Crippen LogP contribution is -2.35. The lowest BCUT2D eigenvalue weighted by Gasteiger charge is -2.36. The van der Waals surface area contributed by atoms with Gasteiger partial charge in [-0.3, -0.25) is 4.90 Å². The van der Waals surface area contributed by atoms with Crippen LogP contribution in [0.3, 0.4) is 0 Å². The molecular formula is C20H33N3. The van der Waals surface area contributed by atoms with Crippen LogP contribution < -0.4 is 5.32 Å². The molecule has 1 N–H and O–H groups in total. The van der Waals surface area contributed by atoms with Crippen molar-refractivity contribution in [3.63, 3.8) is 0 Å². The van der Waals surface area contributed by atoms with Crippen molar-refractivity contribution in [3.8, 4) is 0 Å². The van der Waals surface area contributed by atoms with Gasteiger partial charge in [-0.2, -0.15) is 0 Å². The van der Waals surface area contributed by atoms with Crippen molar-refractivity contribution in [2.75, 3.05) is 46.8 Å². The molecule has 2 aliphatic rings. The average molecular weight is 316 g/mol. The Labute approximate surface area is 142 Å². The van der Waals surface area contributed by atoms with Crippen LogP contribution in [0.2, 0.25) is 0 Å². The van der Waals surface area contributed by atoms with E-state index in [1.807, 2.05) is 0 Å². The molecule has 3 rings (SSSR count). The second-order valence-corrected chi connectivity index (χ2v) is 7.77. The molecule has 0 atom stereocenters. The molecule has 0 unspecified atom stereocenters. The van der Waals surface area contributed by atoms with Crippen molar-refractivity contribution < 1.29 is 0 Å². The van der Waals surface area contributed by atoms with E-state index in [1.54, 1.807) is 5.56 Å². The molecule has 128 valence electrons. The Hall–Kier alpha value is -0.900. The minimum atomic E-state index is 0.802. The Morgan fingerprint density at radius 1 is 1.09 bits per heavy atom. The lowest BCUT2D eigenvalue weighted by molar-refractivity contribution is 0.251. The van der Waals surface area contributed by atoms with Gasteiger partial charge in [-0.15, -0.1) is 0 Å².